The highest BCUT2D eigenvalue weighted by Crippen LogP contribution is 2.46. The molecule has 1 saturated carbocycles. The van der Waals surface area contributed by atoms with Gasteiger partial charge in [-0.15, -0.1) is 0 Å². The van der Waals surface area contributed by atoms with Gasteiger partial charge in [0.1, 0.15) is 24.0 Å². The molecule has 0 aromatic heterocycles. The number of para-hydroxylation sites is 1. The van der Waals surface area contributed by atoms with Gasteiger partial charge in [0.15, 0.2) is 12.1 Å². The number of piperidine rings is 3. The molecule has 4 fully saturated rings. The molecule has 0 amide bonds. The van der Waals surface area contributed by atoms with E-state index in [0.29, 0.717) is 19.1 Å². The molecule has 36 heavy (non-hydrogen) atoms. The Kier molecular flexibility index (Phi) is 6.53. The summed E-state index contributed by atoms with van der Waals surface area (Å²) in [5.74, 6) is 1.78. The molecule has 2 bridgehead atoms. The maximum atomic E-state index is 12.0. The predicted molar refractivity (Wildman–Crippen MR) is 143 cm³/mol. The van der Waals surface area contributed by atoms with Crippen molar-refractivity contribution in [3.05, 3.63) is 90.5 Å². The zero-order valence-corrected chi connectivity index (χ0v) is 21.3. The van der Waals surface area contributed by atoms with Crippen molar-refractivity contribution in [2.75, 3.05) is 32.8 Å². The second kappa shape index (κ2) is 9.81. The lowest BCUT2D eigenvalue weighted by Gasteiger charge is -2.59. The van der Waals surface area contributed by atoms with Crippen LogP contribution in [0.4, 0.5) is 0 Å². The van der Waals surface area contributed by atoms with Crippen LogP contribution in [0.15, 0.2) is 85.0 Å². The summed E-state index contributed by atoms with van der Waals surface area (Å²) in [7, 11) is 0. The van der Waals surface area contributed by atoms with Gasteiger partial charge < -0.3 is 19.1 Å². The maximum absolute atomic E-state index is 12.0. The monoisotopic (exact) mass is 486 g/mol. The molecule has 2 unspecified atom stereocenters. The highest BCUT2D eigenvalue weighted by Gasteiger charge is 2.57. The number of rotatable bonds is 9. The smallest absolute Gasteiger partial charge is 0.172 e. The number of fused-ring (bicyclic) bond motifs is 3. The third-order valence-electron chi connectivity index (χ3n) is 9.71. The van der Waals surface area contributed by atoms with Gasteiger partial charge in [-0.05, 0) is 48.6 Å². The minimum atomic E-state index is -0.907. The molecular weight excluding hydrogens is 446 g/mol. The largest absolute Gasteiger partial charge is 0.486 e. The molecule has 3 aliphatic heterocycles. The third kappa shape index (κ3) is 4.23. The van der Waals surface area contributed by atoms with E-state index >= 15 is 0 Å². The fourth-order valence-electron chi connectivity index (χ4n) is 7.47. The molecule has 1 N–H and O–H groups in total. The molecule has 7 rings (SSSR count). The van der Waals surface area contributed by atoms with Crippen molar-refractivity contribution in [3.8, 4) is 5.75 Å². The minimum Gasteiger partial charge on any atom is -0.486 e. The van der Waals surface area contributed by atoms with Crippen LogP contribution in [0.3, 0.4) is 0 Å². The van der Waals surface area contributed by atoms with E-state index in [1.807, 2.05) is 48.5 Å². The average Bonchev–Trinajstić information content (AvgIpc) is 3.67. The standard InChI is InChI=1S/C32H40NO3/c34-32(28-13-7-8-14-28,27-11-3-1-4-12-27)25-36-30-23-33(21-17-26(30)18-22-33)31(19-9-10-20-31)24-35-29-15-5-2-6-16-29/h1-6,9-12,15-16,19-20,26,28,30,34H,7-8,13-14,17-18,21-25H2/q+1. The van der Waals surface area contributed by atoms with Crippen LogP contribution < -0.4 is 4.74 Å². The number of benzene rings is 2. The predicted octanol–water partition coefficient (Wildman–Crippen LogP) is 5.63. The zero-order valence-electron chi connectivity index (χ0n) is 21.3. The molecule has 2 aromatic rings. The summed E-state index contributed by atoms with van der Waals surface area (Å²) in [6, 6.07) is 20.4. The van der Waals surface area contributed by atoms with Crippen molar-refractivity contribution in [2.45, 2.75) is 55.8 Å². The fraction of sp³-hybridized carbons (Fsp3) is 0.500. The van der Waals surface area contributed by atoms with Gasteiger partial charge in [0, 0.05) is 18.8 Å². The minimum absolute atomic E-state index is 0.163. The lowest BCUT2D eigenvalue weighted by molar-refractivity contribution is -0.979. The van der Waals surface area contributed by atoms with Crippen LogP contribution in [-0.2, 0) is 10.3 Å². The number of quaternary nitrogens is 1. The summed E-state index contributed by atoms with van der Waals surface area (Å²) in [6.07, 6.45) is 16.2. The van der Waals surface area contributed by atoms with E-state index in [1.165, 1.54) is 25.7 Å². The Bertz CT molecular complexity index is 1060. The van der Waals surface area contributed by atoms with E-state index in [1.54, 1.807) is 0 Å². The molecule has 5 aliphatic rings. The Morgan fingerprint density at radius 2 is 1.50 bits per heavy atom. The first-order valence-electron chi connectivity index (χ1n) is 13.9. The van der Waals surface area contributed by atoms with Gasteiger partial charge in [0.2, 0.25) is 0 Å². The van der Waals surface area contributed by atoms with Crippen molar-refractivity contribution >= 4 is 0 Å². The average molecular weight is 487 g/mol. The number of nitrogens with zero attached hydrogens (tertiary/aromatic N) is 1. The molecule has 0 spiro atoms. The molecular formula is C32H40NO3+. The van der Waals surface area contributed by atoms with E-state index < -0.39 is 5.60 Å². The highest BCUT2D eigenvalue weighted by atomic mass is 16.5. The van der Waals surface area contributed by atoms with Crippen molar-refractivity contribution < 1.29 is 19.1 Å². The fourth-order valence-corrected chi connectivity index (χ4v) is 7.47. The van der Waals surface area contributed by atoms with Crippen LogP contribution in [-0.4, -0.2) is 54.1 Å². The summed E-state index contributed by atoms with van der Waals surface area (Å²) in [4.78, 5) is 0. The van der Waals surface area contributed by atoms with E-state index in [0.717, 1.165) is 48.3 Å². The van der Waals surface area contributed by atoms with Crippen molar-refractivity contribution in [1.82, 2.24) is 0 Å². The third-order valence-corrected chi connectivity index (χ3v) is 9.71. The zero-order chi connectivity index (χ0) is 24.5. The first-order chi connectivity index (χ1) is 17.6. The normalized spacial score (nSPS) is 30.5. The molecule has 3 saturated heterocycles. The molecule has 4 heteroatoms. The van der Waals surface area contributed by atoms with E-state index in [2.05, 4.69) is 36.4 Å². The number of hydrogen-bond acceptors (Lipinski definition) is 3. The van der Waals surface area contributed by atoms with Gasteiger partial charge in [-0.1, -0.05) is 73.5 Å². The van der Waals surface area contributed by atoms with Gasteiger partial charge in [-0.25, -0.2) is 0 Å². The lowest BCUT2D eigenvalue weighted by atomic mass is 9.77. The van der Waals surface area contributed by atoms with Gasteiger partial charge in [-0.3, -0.25) is 0 Å². The molecule has 3 heterocycles. The van der Waals surface area contributed by atoms with Crippen LogP contribution in [0, 0.1) is 11.8 Å². The second-order valence-electron chi connectivity index (χ2n) is 11.5. The summed E-state index contributed by atoms with van der Waals surface area (Å²) in [6.45, 7) is 4.32. The Labute approximate surface area is 215 Å². The van der Waals surface area contributed by atoms with Crippen molar-refractivity contribution in [2.24, 2.45) is 11.8 Å². The van der Waals surface area contributed by atoms with Crippen LogP contribution in [0.5, 0.6) is 5.75 Å². The Morgan fingerprint density at radius 1 is 0.861 bits per heavy atom. The summed E-state index contributed by atoms with van der Waals surface area (Å²) in [5.41, 5.74) is -0.0589. The van der Waals surface area contributed by atoms with E-state index in [9.17, 15) is 5.11 Å². The first-order valence-corrected chi connectivity index (χ1v) is 13.9. The van der Waals surface area contributed by atoms with Crippen molar-refractivity contribution in [1.29, 1.82) is 0 Å². The number of aliphatic hydroxyl groups is 1. The molecule has 4 nitrogen and oxygen atoms in total. The molecule has 190 valence electrons. The van der Waals surface area contributed by atoms with Gasteiger partial charge in [-0.2, -0.15) is 0 Å². The molecule has 2 atom stereocenters. The topological polar surface area (TPSA) is 38.7 Å². The summed E-state index contributed by atoms with van der Waals surface area (Å²) in [5, 5.41) is 12.0. The van der Waals surface area contributed by atoms with Gasteiger partial charge in [0.25, 0.3) is 0 Å². The van der Waals surface area contributed by atoms with Crippen LogP contribution in [0.1, 0.15) is 44.1 Å². The lowest BCUT2D eigenvalue weighted by Crippen LogP contribution is -2.74. The van der Waals surface area contributed by atoms with Crippen LogP contribution in [0.25, 0.3) is 0 Å². The van der Waals surface area contributed by atoms with Crippen LogP contribution in [0.2, 0.25) is 0 Å². The number of ether oxygens (including phenoxy) is 2. The SMILES string of the molecule is OC(COC1C[N+]2(C3(COc4ccccc4)C=CC=C3)CCC1CC2)(c1ccccc1)C1CCCC1. The second-order valence-corrected chi connectivity index (χ2v) is 11.5. The summed E-state index contributed by atoms with van der Waals surface area (Å²) >= 11 is 0. The number of hydrogen-bond donors (Lipinski definition) is 1. The first kappa shape index (κ1) is 24.0. The Balaban J connectivity index is 1.21. The van der Waals surface area contributed by atoms with Gasteiger partial charge in [0.05, 0.1) is 19.7 Å². The quantitative estimate of drug-likeness (QED) is 0.467. The van der Waals surface area contributed by atoms with E-state index in [-0.39, 0.29) is 17.6 Å². The highest BCUT2D eigenvalue weighted by molar-refractivity contribution is 5.30. The van der Waals surface area contributed by atoms with Crippen molar-refractivity contribution in [3.63, 3.8) is 0 Å². The molecule has 2 aromatic carbocycles. The molecule has 0 radical (unpaired) electrons. The van der Waals surface area contributed by atoms with Gasteiger partial charge >= 0.3 is 0 Å². The number of allylic oxidation sites excluding steroid dienone is 2. The van der Waals surface area contributed by atoms with Crippen LogP contribution >= 0.6 is 0 Å². The maximum Gasteiger partial charge on any atom is 0.172 e. The molecule has 2 aliphatic carbocycles. The van der Waals surface area contributed by atoms with E-state index in [4.69, 9.17) is 9.47 Å². The Hall–Kier alpha value is -2.40. The summed E-state index contributed by atoms with van der Waals surface area (Å²) < 4.78 is 14.1. The Morgan fingerprint density at radius 3 is 2.17 bits per heavy atom.